The zero-order valence-electron chi connectivity index (χ0n) is 3.36. The molecular weight excluding hydrogens is 97.9 g/mol. The summed E-state index contributed by atoms with van der Waals surface area (Å²) in [5.74, 6) is 0. The molecule has 0 saturated heterocycles. The summed E-state index contributed by atoms with van der Waals surface area (Å²) in [6.07, 6.45) is 1.08. The molecule has 2 heteroatoms. The first-order valence-corrected chi connectivity index (χ1v) is 2.64. The minimum absolute atomic E-state index is 0.384. The van der Waals surface area contributed by atoms with Gasteiger partial charge in [-0.1, -0.05) is 0 Å². The van der Waals surface area contributed by atoms with Gasteiger partial charge in [0.15, 0.2) is 0 Å². The summed E-state index contributed by atoms with van der Waals surface area (Å²) in [4.78, 5) is 0. The summed E-state index contributed by atoms with van der Waals surface area (Å²) in [6.45, 7) is 2.07. The maximum atomic E-state index is 5.29. The Morgan fingerprint density at radius 1 is 2.00 bits per heavy atom. The summed E-state index contributed by atoms with van der Waals surface area (Å²) in [7, 11) is 0. The van der Waals surface area contributed by atoms with Gasteiger partial charge in [0.1, 0.15) is 0 Å². The average Bonchev–Trinajstić information content (AvgIpc) is 1.38. The first-order chi connectivity index (χ1) is 2.27. The van der Waals surface area contributed by atoms with Crippen molar-refractivity contribution in [2.45, 2.75) is 17.7 Å². The quantitative estimate of drug-likeness (QED) is 0.475. The molecule has 1 atom stereocenters. The molecule has 0 spiro atoms. The van der Waals surface area contributed by atoms with E-state index >= 15 is 0 Å². The van der Waals surface area contributed by atoms with Crippen molar-refractivity contribution < 1.29 is 20.4 Å². The van der Waals surface area contributed by atoms with Crippen LogP contribution in [0.4, 0.5) is 0 Å². The molecule has 5 heavy (non-hydrogen) atoms. The minimum atomic E-state index is 0.384. The van der Waals surface area contributed by atoms with Crippen LogP contribution in [-0.4, -0.2) is 4.35 Å². The predicted octanol–water partition coefficient (Wildman–Crippen LogP) is 0.228. The van der Waals surface area contributed by atoms with Crippen molar-refractivity contribution in [3.05, 3.63) is 0 Å². The normalized spacial score (nSPS) is 14.6. The van der Waals surface area contributed by atoms with Crippen LogP contribution in [0.25, 0.3) is 0 Å². The van der Waals surface area contributed by atoms with Gasteiger partial charge in [0.05, 0.1) is 0 Å². The molecule has 0 heterocycles. The van der Waals surface area contributed by atoms with Gasteiger partial charge >= 0.3 is 43.9 Å². The summed E-state index contributed by atoms with van der Waals surface area (Å²) < 4.78 is 0.384. The number of hydrogen-bond acceptors (Lipinski definition) is 1. The van der Waals surface area contributed by atoms with Crippen LogP contribution in [0, 0.1) is 0 Å². The summed E-state index contributed by atoms with van der Waals surface area (Å²) >= 11 is 2.00. The molecule has 0 radical (unpaired) electrons. The number of nitrogens with two attached hydrogens (primary N) is 1. The van der Waals surface area contributed by atoms with E-state index in [1.807, 2.05) is 20.4 Å². The van der Waals surface area contributed by atoms with Crippen molar-refractivity contribution in [3.63, 3.8) is 0 Å². The van der Waals surface area contributed by atoms with Gasteiger partial charge in [-0.05, 0) is 0 Å². The van der Waals surface area contributed by atoms with Crippen molar-refractivity contribution >= 4 is 0 Å². The van der Waals surface area contributed by atoms with Crippen LogP contribution in [0.5, 0.6) is 0 Å². The van der Waals surface area contributed by atoms with Crippen molar-refractivity contribution in [2.24, 2.45) is 5.73 Å². The Morgan fingerprint density at radius 2 is 2.20 bits per heavy atom. The third-order valence-electron chi connectivity index (χ3n) is 0.440. The zero-order chi connectivity index (χ0) is 4.28. The van der Waals surface area contributed by atoms with Crippen molar-refractivity contribution in [1.29, 1.82) is 0 Å². The van der Waals surface area contributed by atoms with Gasteiger partial charge in [-0.15, -0.1) is 0 Å². The molecule has 0 aromatic carbocycles. The molecule has 0 aliphatic heterocycles. The van der Waals surface area contributed by atoms with E-state index in [0.29, 0.717) is 4.35 Å². The van der Waals surface area contributed by atoms with Gasteiger partial charge in [0, 0.05) is 0 Å². The zero-order valence-corrected chi connectivity index (χ0v) is 4.92. The molecule has 0 rings (SSSR count). The standard InChI is InChI=1S/C3H8N.Ti/c1-2-3-4;/h3H,2,4H2,1H3;. The van der Waals surface area contributed by atoms with E-state index in [0.717, 1.165) is 6.42 Å². The van der Waals surface area contributed by atoms with Gasteiger partial charge in [-0.2, -0.15) is 0 Å². The van der Waals surface area contributed by atoms with Gasteiger partial charge in [0.2, 0.25) is 0 Å². The second kappa shape index (κ2) is 2.89. The van der Waals surface area contributed by atoms with Crippen LogP contribution in [0.15, 0.2) is 0 Å². The first-order valence-electron chi connectivity index (χ1n) is 1.74. The van der Waals surface area contributed by atoms with Crippen LogP contribution in [0.3, 0.4) is 0 Å². The Morgan fingerprint density at radius 3 is 2.20 bits per heavy atom. The van der Waals surface area contributed by atoms with Gasteiger partial charge in [0.25, 0.3) is 0 Å². The molecule has 1 unspecified atom stereocenters. The molecular formula is C3H8NTi. The van der Waals surface area contributed by atoms with Crippen molar-refractivity contribution in [3.8, 4) is 0 Å². The molecule has 2 N–H and O–H groups in total. The van der Waals surface area contributed by atoms with Crippen LogP contribution in [-0.2, 0) is 20.4 Å². The molecule has 0 aliphatic carbocycles. The fraction of sp³-hybridized carbons (Fsp3) is 1.00. The predicted molar refractivity (Wildman–Crippen MR) is 18.3 cm³/mol. The van der Waals surface area contributed by atoms with E-state index in [1.54, 1.807) is 0 Å². The second-order valence-electron chi connectivity index (χ2n) is 1.01. The van der Waals surface area contributed by atoms with Crippen LogP contribution in [0.1, 0.15) is 13.3 Å². The first kappa shape index (κ1) is 5.67. The second-order valence-corrected chi connectivity index (χ2v) is 2.17. The van der Waals surface area contributed by atoms with Gasteiger partial charge < -0.3 is 0 Å². The van der Waals surface area contributed by atoms with Crippen molar-refractivity contribution in [2.75, 3.05) is 0 Å². The fourth-order valence-electron chi connectivity index (χ4n) is 0. The van der Waals surface area contributed by atoms with E-state index < -0.39 is 0 Å². The van der Waals surface area contributed by atoms with Gasteiger partial charge in [-0.3, -0.25) is 0 Å². The molecule has 0 aliphatic rings. The summed E-state index contributed by atoms with van der Waals surface area (Å²) in [5, 5.41) is 0. The number of rotatable bonds is 1. The van der Waals surface area contributed by atoms with E-state index in [1.165, 1.54) is 0 Å². The Bertz CT molecular complexity index is 20.9. The van der Waals surface area contributed by atoms with Crippen LogP contribution in [0.2, 0.25) is 0 Å². The molecule has 1 nitrogen and oxygen atoms in total. The third kappa shape index (κ3) is 4.67. The van der Waals surface area contributed by atoms with E-state index in [2.05, 4.69) is 6.92 Å². The molecule has 0 bridgehead atoms. The van der Waals surface area contributed by atoms with E-state index in [9.17, 15) is 0 Å². The monoisotopic (exact) mass is 106 g/mol. The molecule has 0 aromatic heterocycles. The topological polar surface area (TPSA) is 26.0 Å². The van der Waals surface area contributed by atoms with E-state index in [-0.39, 0.29) is 0 Å². The fourth-order valence-corrected chi connectivity index (χ4v) is 0. The van der Waals surface area contributed by atoms with E-state index in [4.69, 9.17) is 5.73 Å². The Kier molecular flexibility index (Phi) is 3.28. The maximum absolute atomic E-state index is 5.29. The molecule has 0 saturated carbocycles. The molecule has 29 valence electrons. The SMILES string of the molecule is CC[CH](N)[Ti]. The summed E-state index contributed by atoms with van der Waals surface area (Å²) in [5.41, 5.74) is 5.29. The average molecular weight is 106 g/mol. The summed E-state index contributed by atoms with van der Waals surface area (Å²) in [6, 6.07) is 0. The van der Waals surface area contributed by atoms with Crippen molar-refractivity contribution in [1.82, 2.24) is 0 Å². The molecule has 0 fully saturated rings. The van der Waals surface area contributed by atoms with Gasteiger partial charge in [-0.25, -0.2) is 0 Å². The Hall–Kier alpha value is 0.674. The Balaban J connectivity index is 2.54. The number of hydrogen-bond donors (Lipinski definition) is 1. The van der Waals surface area contributed by atoms with Crippen LogP contribution < -0.4 is 5.73 Å². The van der Waals surface area contributed by atoms with Crippen LogP contribution >= 0.6 is 0 Å². The molecule has 0 amide bonds. The Labute approximate surface area is 44.3 Å². The third-order valence-corrected chi connectivity index (χ3v) is 1.08. The molecule has 0 aromatic rings.